The molecule has 2 aromatic rings. The number of rotatable bonds is 4. The number of aromatic nitrogens is 2. The second kappa shape index (κ2) is 8.06. The second-order valence-corrected chi connectivity index (χ2v) is 9.76. The highest BCUT2D eigenvalue weighted by Gasteiger charge is 2.48. The lowest BCUT2D eigenvalue weighted by Gasteiger charge is -2.38. The first-order valence-corrected chi connectivity index (χ1v) is 11.5. The number of hydrogen-bond acceptors (Lipinski definition) is 7. The lowest BCUT2D eigenvalue weighted by molar-refractivity contribution is -0.124. The summed E-state index contributed by atoms with van der Waals surface area (Å²) in [5.74, 6) is 1.99. The summed E-state index contributed by atoms with van der Waals surface area (Å²) < 4.78 is 13.7. The number of para-hydroxylation sites is 2. The molecule has 176 valence electrons. The van der Waals surface area contributed by atoms with E-state index in [1.807, 2.05) is 52.1 Å². The molecule has 9 nitrogen and oxygen atoms in total. The van der Waals surface area contributed by atoms with Crippen LogP contribution >= 0.6 is 0 Å². The van der Waals surface area contributed by atoms with Gasteiger partial charge < -0.3 is 14.4 Å². The number of piperazine rings is 1. The second-order valence-electron chi connectivity index (χ2n) is 9.76. The van der Waals surface area contributed by atoms with Crippen LogP contribution < -0.4 is 19.3 Å². The summed E-state index contributed by atoms with van der Waals surface area (Å²) in [6.07, 6.45) is 0.209. The first kappa shape index (κ1) is 21.8. The van der Waals surface area contributed by atoms with Crippen LogP contribution in [0.3, 0.4) is 0 Å². The number of aryl methyl sites for hydroxylation is 1. The van der Waals surface area contributed by atoms with Gasteiger partial charge in [-0.05, 0) is 19.1 Å². The van der Waals surface area contributed by atoms with Gasteiger partial charge in [0, 0.05) is 46.2 Å². The van der Waals surface area contributed by atoms with Gasteiger partial charge >= 0.3 is 0 Å². The minimum absolute atomic E-state index is 0.0128. The molecule has 3 aliphatic heterocycles. The van der Waals surface area contributed by atoms with Gasteiger partial charge in [-0.3, -0.25) is 19.2 Å². The highest BCUT2D eigenvalue weighted by molar-refractivity contribution is 6.23. The Morgan fingerprint density at radius 1 is 1.09 bits per heavy atom. The Balaban J connectivity index is 1.27. The van der Waals surface area contributed by atoms with E-state index in [0.29, 0.717) is 18.1 Å². The molecular formula is C24H31N5O4. The molecule has 1 atom stereocenters. The van der Waals surface area contributed by atoms with E-state index in [1.165, 1.54) is 4.90 Å². The zero-order valence-corrected chi connectivity index (χ0v) is 19.7. The highest BCUT2D eigenvalue weighted by Crippen LogP contribution is 2.41. The number of amides is 2. The van der Waals surface area contributed by atoms with Crippen LogP contribution in [0.4, 0.5) is 11.5 Å². The summed E-state index contributed by atoms with van der Waals surface area (Å²) >= 11 is 0. The van der Waals surface area contributed by atoms with Crippen LogP contribution in [-0.4, -0.2) is 71.9 Å². The van der Waals surface area contributed by atoms with Crippen molar-refractivity contribution < 1.29 is 19.1 Å². The van der Waals surface area contributed by atoms with Crippen molar-refractivity contribution in [2.75, 3.05) is 49.1 Å². The van der Waals surface area contributed by atoms with Crippen molar-refractivity contribution >= 4 is 23.3 Å². The number of carbonyl (C=O) groups excluding carboxylic acids is 2. The van der Waals surface area contributed by atoms with E-state index in [9.17, 15) is 9.59 Å². The van der Waals surface area contributed by atoms with Gasteiger partial charge in [0.25, 0.3) is 0 Å². The molecule has 2 fully saturated rings. The summed E-state index contributed by atoms with van der Waals surface area (Å²) in [6.45, 7) is 10.1. The largest absolute Gasteiger partial charge is 0.486 e. The van der Waals surface area contributed by atoms with Crippen LogP contribution in [0.25, 0.3) is 0 Å². The number of anilines is 2. The number of benzene rings is 1. The minimum Gasteiger partial charge on any atom is -0.486 e. The molecule has 1 aromatic carbocycles. The molecule has 0 saturated carbocycles. The summed E-state index contributed by atoms with van der Waals surface area (Å²) in [4.78, 5) is 31.7. The maximum Gasteiger partial charge on any atom is 0.240 e. The Labute approximate surface area is 193 Å². The van der Waals surface area contributed by atoms with Gasteiger partial charge in [0.1, 0.15) is 18.4 Å². The van der Waals surface area contributed by atoms with Gasteiger partial charge in [-0.1, -0.05) is 26.0 Å². The molecule has 2 saturated heterocycles. The Bertz CT molecular complexity index is 1090. The maximum absolute atomic E-state index is 13.0. The summed E-state index contributed by atoms with van der Waals surface area (Å²) in [6, 6.07) is 7.76. The van der Waals surface area contributed by atoms with Crippen LogP contribution in [-0.2, 0) is 16.6 Å². The molecule has 9 heteroatoms. The molecule has 0 N–H and O–H groups in total. The minimum atomic E-state index is -0.685. The normalized spacial score (nSPS) is 22.8. The standard InChI is InChI=1S/C24H31N5O4/c1-16-21(29-20(30)13-24(2,3)23(29)31)22(25-26(16)4)28-11-9-27(10-12-28)14-17-15-32-18-7-5-6-8-19(18)33-17/h5-8,17H,9-15H2,1-4H3/t17-/m0/s1. The summed E-state index contributed by atoms with van der Waals surface area (Å²) in [7, 11) is 1.85. The number of fused-ring (bicyclic) bond motifs is 1. The Morgan fingerprint density at radius 2 is 1.79 bits per heavy atom. The molecule has 0 aliphatic carbocycles. The van der Waals surface area contributed by atoms with Crippen LogP contribution in [0.15, 0.2) is 24.3 Å². The SMILES string of the molecule is Cc1c(N2C(=O)CC(C)(C)C2=O)c(N2CCN(C[C@H]3COc4ccccc4O3)CC2)nn1C. The molecule has 3 aliphatic rings. The van der Waals surface area contributed by atoms with E-state index in [-0.39, 0.29) is 24.3 Å². The number of hydrogen-bond donors (Lipinski definition) is 0. The van der Waals surface area contributed by atoms with Gasteiger partial charge in [-0.25, -0.2) is 4.90 Å². The van der Waals surface area contributed by atoms with E-state index < -0.39 is 5.41 Å². The van der Waals surface area contributed by atoms with Crippen molar-refractivity contribution in [1.82, 2.24) is 14.7 Å². The van der Waals surface area contributed by atoms with Crippen LogP contribution in [0.1, 0.15) is 26.0 Å². The van der Waals surface area contributed by atoms with Crippen LogP contribution in [0.5, 0.6) is 11.5 Å². The van der Waals surface area contributed by atoms with Crippen molar-refractivity contribution in [3.63, 3.8) is 0 Å². The van der Waals surface area contributed by atoms with E-state index in [4.69, 9.17) is 14.6 Å². The highest BCUT2D eigenvalue weighted by atomic mass is 16.6. The van der Waals surface area contributed by atoms with Gasteiger partial charge in [0.2, 0.25) is 11.8 Å². The summed E-state index contributed by atoms with van der Waals surface area (Å²) in [5.41, 5.74) is 0.765. The number of nitrogens with zero attached hydrogens (tertiary/aromatic N) is 5. The van der Waals surface area contributed by atoms with Crippen molar-refractivity contribution in [2.45, 2.75) is 33.3 Å². The van der Waals surface area contributed by atoms with Gasteiger partial charge in [-0.2, -0.15) is 5.10 Å². The van der Waals surface area contributed by atoms with Gasteiger partial charge in [-0.15, -0.1) is 0 Å². The smallest absolute Gasteiger partial charge is 0.240 e. The Kier molecular flexibility index (Phi) is 5.31. The third kappa shape index (κ3) is 3.84. The van der Waals surface area contributed by atoms with E-state index in [0.717, 1.165) is 49.9 Å². The summed E-state index contributed by atoms with van der Waals surface area (Å²) in [5, 5.41) is 4.69. The Hall–Kier alpha value is -3.07. The lowest BCUT2D eigenvalue weighted by Crippen LogP contribution is -2.51. The topological polar surface area (TPSA) is 80.1 Å². The maximum atomic E-state index is 13.0. The lowest BCUT2D eigenvalue weighted by atomic mass is 9.92. The van der Waals surface area contributed by atoms with Crippen molar-refractivity contribution in [2.24, 2.45) is 12.5 Å². The van der Waals surface area contributed by atoms with Gasteiger partial charge in [0.05, 0.1) is 11.1 Å². The molecule has 0 spiro atoms. The average Bonchev–Trinajstić information content (AvgIpc) is 3.19. The predicted octanol–water partition coefficient (Wildman–Crippen LogP) is 1.98. The molecule has 0 unspecified atom stereocenters. The molecule has 0 radical (unpaired) electrons. The molecule has 1 aromatic heterocycles. The van der Waals surface area contributed by atoms with Crippen molar-refractivity contribution in [3.8, 4) is 11.5 Å². The zero-order chi connectivity index (χ0) is 23.3. The van der Waals surface area contributed by atoms with Crippen molar-refractivity contribution in [1.29, 1.82) is 0 Å². The fourth-order valence-electron chi connectivity index (χ4n) is 4.81. The van der Waals surface area contributed by atoms with Crippen LogP contribution in [0.2, 0.25) is 0 Å². The fraction of sp³-hybridized carbons (Fsp3) is 0.542. The monoisotopic (exact) mass is 453 g/mol. The third-order valence-corrected chi connectivity index (χ3v) is 6.83. The predicted molar refractivity (Wildman–Crippen MR) is 124 cm³/mol. The third-order valence-electron chi connectivity index (χ3n) is 6.83. The molecule has 2 amide bonds. The Morgan fingerprint density at radius 3 is 2.45 bits per heavy atom. The molecule has 0 bridgehead atoms. The zero-order valence-electron chi connectivity index (χ0n) is 19.7. The first-order valence-electron chi connectivity index (χ1n) is 11.5. The number of ether oxygens (including phenoxy) is 2. The fourth-order valence-corrected chi connectivity index (χ4v) is 4.81. The van der Waals surface area contributed by atoms with Crippen LogP contribution in [0, 0.1) is 12.3 Å². The molecular weight excluding hydrogens is 422 g/mol. The quantitative estimate of drug-likeness (QED) is 0.655. The number of imide groups is 1. The van der Waals surface area contributed by atoms with E-state index >= 15 is 0 Å². The molecule has 33 heavy (non-hydrogen) atoms. The number of carbonyl (C=O) groups is 2. The van der Waals surface area contributed by atoms with E-state index in [2.05, 4.69) is 9.80 Å². The van der Waals surface area contributed by atoms with Crippen molar-refractivity contribution in [3.05, 3.63) is 30.0 Å². The first-order chi connectivity index (χ1) is 15.7. The average molecular weight is 454 g/mol. The molecule has 4 heterocycles. The van der Waals surface area contributed by atoms with Gasteiger partial charge in [0.15, 0.2) is 17.3 Å². The van der Waals surface area contributed by atoms with E-state index in [1.54, 1.807) is 4.68 Å². The molecule has 5 rings (SSSR count).